The summed E-state index contributed by atoms with van der Waals surface area (Å²) in [5.41, 5.74) is 8.90. The highest BCUT2D eigenvalue weighted by atomic mass is 16.5. The zero-order valence-electron chi connectivity index (χ0n) is 10.8. The Morgan fingerprint density at radius 3 is 3.00 bits per heavy atom. The zero-order valence-corrected chi connectivity index (χ0v) is 10.8. The molecular formula is C15H22N2O. The van der Waals surface area contributed by atoms with Crippen molar-refractivity contribution in [3.8, 4) is 0 Å². The summed E-state index contributed by atoms with van der Waals surface area (Å²) in [6.45, 7) is 2.87. The van der Waals surface area contributed by atoms with Crippen molar-refractivity contribution < 1.29 is 4.74 Å². The molecule has 1 aromatic rings. The number of nitrogens with two attached hydrogens (primary N) is 1. The van der Waals surface area contributed by atoms with Crippen LogP contribution in [0, 0.1) is 0 Å². The normalized spacial score (nSPS) is 27.9. The second-order valence-corrected chi connectivity index (χ2v) is 5.49. The Bertz CT molecular complexity index is 401. The van der Waals surface area contributed by atoms with Gasteiger partial charge in [-0.25, -0.2) is 0 Å². The molecule has 0 saturated carbocycles. The largest absolute Gasteiger partial charge is 0.376 e. The highest BCUT2D eigenvalue weighted by Gasteiger charge is 2.25. The highest BCUT2D eigenvalue weighted by molar-refractivity contribution is 5.56. The van der Waals surface area contributed by atoms with Gasteiger partial charge in [0.2, 0.25) is 0 Å². The van der Waals surface area contributed by atoms with E-state index in [1.165, 1.54) is 30.5 Å². The number of rotatable bonds is 2. The predicted molar refractivity (Wildman–Crippen MR) is 73.9 cm³/mol. The van der Waals surface area contributed by atoms with Crippen LogP contribution in [-0.2, 0) is 11.2 Å². The molecule has 3 heteroatoms. The molecule has 2 atom stereocenters. The maximum Gasteiger partial charge on any atom is 0.0749 e. The number of hydrogen-bond acceptors (Lipinski definition) is 3. The maximum atomic E-state index is 6.16. The van der Waals surface area contributed by atoms with Gasteiger partial charge in [0.1, 0.15) is 0 Å². The quantitative estimate of drug-likeness (QED) is 0.866. The summed E-state index contributed by atoms with van der Waals surface area (Å²) in [5, 5.41) is 0. The standard InChI is InChI=1S/C15H22N2O/c16-13-9-12-5-1-2-7-15(12)17(10-13)11-14-6-3-4-8-18-14/h1-2,5,7,13-14H,3-4,6,8-11,16H2. The third-order valence-corrected chi connectivity index (χ3v) is 3.97. The number of hydrogen-bond donors (Lipinski definition) is 1. The first-order valence-corrected chi connectivity index (χ1v) is 7.03. The van der Waals surface area contributed by atoms with E-state index in [2.05, 4.69) is 29.2 Å². The van der Waals surface area contributed by atoms with Crippen LogP contribution < -0.4 is 10.6 Å². The molecule has 0 amide bonds. The number of para-hydroxylation sites is 1. The van der Waals surface area contributed by atoms with Crippen molar-refractivity contribution in [3.05, 3.63) is 29.8 Å². The fourth-order valence-corrected chi connectivity index (χ4v) is 3.09. The lowest BCUT2D eigenvalue weighted by Gasteiger charge is -2.37. The van der Waals surface area contributed by atoms with Crippen molar-refractivity contribution in [2.24, 2.45) is 5.73 Å². The minimum atomic E-state index is 0.253. The Morgan fingerprint density at radius 2 is 2.17 bits per heavy atom. The van der Waals surface area contributed by atoms with Gasteiger partial charge >= 0.3 is 0 Å². The molecule has 0 bridgehead atoms. The van der Waals surface area contributed by atoms with Gasteiger partial charge in [-0.2, -0.15) is 0 Å². The third-order valence-electron chi connectivity index (χ3n) is 3.97. The summed E-state index contributed by atoms with van der Waals surface area (Å²) < 4.78 is 5.85. The SMILES string of the molecule is NC1Cc2ccccc2N(CC2CCCCO2)C1. The van der Waals surface area contributed by atoms with E-state index in [0.29, 0.717) is 6.10 Å². The Balaban J connectivity index is 1.75. The van der Waals surface area contributed by atoms with Gasteiger partial charge in [-0.1, -0.05) is 18.2 Å². The summed E-state index contributed by atoms with van der Waals surface area (Å²) in [6.07, 6.45) is 5.09. The van der Waals surface area contributed by atoms with E-state index < -0.39 is 0 Å². The maximum absolute atomic E-state index is 6.16. The molecule has 18 heavy (non-hydrogen) atoms. The van der Waals surface area contributed by atoms with E-state index in [9.17, 15) is 0 Å². The smallest absolute Gasteiger partial charge is 0.0749 e. The minimum absolute atomic E-state index is 0.253. The van der Waals surface area contributed by atoms with Gasteiger partial charge in [-0.15, -0.1) is 0 Å². The topological polar surface area (TPSA) is 38.5 Å². The fourth-order valence-electron chi connectivity index (χ4n) is 3.09. The van der Waals surface area contributed by atoms with E-state index in [-0.39, 0.29) is 6.04 Å². The predicted octanol–water partition coefficient (Wildman–Crippen LogP) is 1.95. The lowest BCUT2D eigenvalue weighted by atomic mass is 9.97. The molecule has 2 aliphatic heterocycles. The molecule has 98 valence electrons. The zero-order chi connectivity index (χ0) is 12.4. The van der Waals surface area contributed by atoms with E-state index in [1.54, 1.807) is 0 Å². The van der Waals surface area contributed by atoms with Gasteiger partial charge in [0.15, 0.2) is 0 Å². The molecule has 2 N–H and O–H groups in total. The van der Waals surface area contributed by atoms with Gasteiger partial charge < -0.3 is 15.4 Å². The fraction of sp³-hybridized carbons (Fsp3) is 0.600. The number of nitrogens with zero attached hydrogens (tertiary/aromatic N) is 1. The van der Waals surface area contributed by atoms with Crippen molar-refractivity contribution >= 4 is 5.69 Å². The minimum Gasteiger partial charge on any atom is -0.376 e. The summed E-state index contributed by atoms with van der Waals surface area (Å²) in [6, 6.07) is 8.88. The molecule has 2 heterocycles. The first kappa shape index (κ1) is 12.0. The second kappa shape index (κ2) is 5.29. The number of benzene rings is 1. The van der Waals surface area contributed by atoms with E-state index >= 15 is 0 Å². The van der Waals surface area contributed by atoms with Crippen molar-refractivity contribution in [1.29, 1.82) is 0 Å². The van der Waals surface area contributed by atoms with Crippen molar-refractivity contribution in [2.45, 2.75) is 37.8 Å². The number of ether oxygens (including phenoxy) is 1. The van der Waals surface area contributed by atoms with Crippen LogP contribution in [0.2, 0.25) is 0 Å². The summed E-state index contributed by atoms with van der Waals surface area (Å²) in [7, 11) is 0. The first-order chi connectivity index (χ1) is 8.83. The molecule has 0 spiro atoms. The Morgan fingerprint density at radius 1 is 1.28 bits per heavy atom. The Labute approximate surface area is 109 Å². The monoisotopic (exact) mass is 246 g/mol. The molecule has 3 nitrogen and oxygen atoms in total. The molecule has 1 fully saturated rings. The molecule has 0 aromatic heterocycles. The van der Waals surface area contributed by atoms with E-state index in [0.717, 1.165) is 26.1 Å². The lowest BCUT2D eigenvalue weighted by Crippen LogP contribution is -2.47. The lowest BCUT2D eigenvalue weighted by molar-refractivity contribution is 0.0207. The summed E-state index contributed by atoms with van der Waals surface area (Å²) >= 11 is 0. The number of fused-ring (bicyclic) bond motifs is 1. The van der Waals surface area contributed by atoms with Gasteiger partial charge in [0.05, 0.1) is 6.10 Å². The van der Waals surface area contributed by atoms with Gasteiger partial charge in [-0.3, -0.25) is 0 Å². The average Bonchev–Trinajstić information content (AvgIpc) is 2.40. The highest BCUT2D eigenvalue weighted by Crippen LogP contribution is 2.27. The molecular weight excluding hydrogens is 224 g/mol. The Hall–Kier alpha value is -1.06. The van der Waals surface area contributed by atoms with E-state index in [4.69, 9.17) is 10.5 Å². The van der Waals surface area contributed by atoms with Crippen LogP contribution >= 0.6 is 0 Å². The van der Waals surface area contributed by atoms with Gasteiger partial charge in [-0.05, 0) is 37.3 Å². The number of anilines is 1. The average molecular weight is 246 g/mol. The van der Waals surface area contributed by atoms with Crippen LogP contribution in [0.25, 0.3) is 0 Å². The van der Waals surface area contributed by atoms with Crippen molar-refractivity contribution in [2.75, 3.05) is 24.6 Å². The summed E-state index contributed by atoms with van der Waals surface area (Å²) in [5.74, 6) is 0. The second-order valence-electron chi connectivity index (χ2n) is 5.49. The first-order valence-electron chi connectivity index (χ1n) is 7.03. The van der Waals surface area contributed by atoms with Gasteiger partial charge in [0.25, 0.3) is 0 Å². The molecule has 1 saturated heterocycles. The molecule has 2 unspecified atom stereocenters. The molecule has 2 aliphatic rings. The Kier molecular flexibility index (Phi) is 3.52. The summed E-state index contributed by atoms with van der Waals surface area (Å²) in [4.78, 5) is 2.42. The van der Waals surface area contributed by atoms with Crippen molar-refractivity contribution in [3.63, 3.8) is 0 Å². The van der Waals surface area contributed by atoms with Crippen LogP contribution in [-0.4, -0.2) is 31.8 Å². The van der Waals surface area contributed by atoms with Crippen LogP contribution in [0.4, 0.5) is 5.69 Å². The molecule has 0 radical (unpaired) electrons. The van der Waals surface area contributed by atoms with Crippen LogP contribution in [0.1, 0.15) is 24.8 Å². The molecule has 0 aliphatic carbocycles. The molecule has 1 aromatic carbocycles. The van der Waals surface area contributed by atoms with Crippen LogP contribution in [0.5, 0.6) is 0 Å². The van der Waals surface area contributed by atoms with Crippen LogP contribution in [0.3, 0.4) is 0 Å². The third kappa shape index (κ3) is 2.52. The van der Waals surface area contributed by atoms with Crippen molar-refractivity contribution in [1.82, 2.24) is 0 Å². The van der Waals surface area contributed by atoms with E-state index in [1.807, 2.05) is 0 Å². The van der Waals surface area contributed by atoms with Crippen LogP contribution in [0.15, 0.2) is 24.3 Å². The molecule has 3 rings (SSSR count). The van der Waals surface area contributed by atoms with Gasteiger partial charge in [0, 0.05) is 31.4 Å².